The molecule has 0 saturated carbocycles. The van der Waals surface area contributed by atoms with E-state index < -0.39 is 26.5 Å². The van der Waals surface area contributed by atoms with E-state index in [1.807, 2.05) is 0 Å². The Labute approximate surface area is 409 Å². The van der Waals surface area contributed by atoms with E-state index in [2.05, 4.69) is 13.8 Å². The average Bonchev–Trinajstić information content (AvgIpc) is 3.31. The number of carbonyl (C=O) groups is 2. The first kappa shape index (κ1) is 65.0. The molecule has 394 valence electrons. The Bertz CT molecular complexity index is 1050. The van der Waals surface area contributed by atoms with Crippen molar-refractivity contribution >= 4 is 19.8 Å². The van der Waals surface area contributed by atoms with Crippen molar-refractivity contribution in [1.29, 1.82) is 0 Å². The highest BCUT2D eigenvalue weighted by Crippen LogP contribution is 2.43. The van der Waals surface area contributed by atoms with Crippen LogP contribution in [0.4, 0.5) is 0 Å². The second-order valence-corrected chi connectivity index (χ2v) is 21.3. The number of esters is 2. The average molecular weight is 958 g/mol. The fourth-order valence-electron chi connectivity index (χ4n) is 8.93. The number of rotatable bonds is 56. The van der Waals surface area contributed by atoms with Crippen LogP contribution in [0.5, 0.6) is 0 Å². The van der Waals surface area contributed by atoms with Gasteiger partial charge in [0.25, 0.3) is 0 Å². The molecule has 0 aromatic rings. The molecule has 0 amide bonds. The second-order valence-electron chi connectivity index (χ2n) is 19.9. The SMILES string of the molecule is CCCCCCCCCCCCCCCCCCCCCCCCCCCCCCCCCCCCCCC(=O)OC(COC(=O)CCCCCCCCCCC)COP(=O)(O)OCCN. The highest BCUT2D eigenvalue weighted by Gasteiger charge is 2.26. The van der Waals surface area contributed by atoms with Gasteiger partial charge in [-0.05, 0) is 12.8 Å². The van der Waals surface area contributed by atoms with Crippen molar-refractivity contribution in [2.45, 2.75) is 322 Å². The number of carbonyl (C=O) groups excluding carboxylic acids is 2. The smallest absolute Gasteiger partial charge is 0.462 e. The highest BCUT2D eigenvalue weighted by molar-refractivity contribution is 7.47. The van der Waals surface area contributed by atoms with Gasteiger partial charge in [0.1, 0.15) is 6.61 Å². The number of hydrogen-bond acceptors (Lipinski definition) is 8. The first-order valence-corrected chi connectivity index (χ1v) is 30.5. The number of unbranched alkanes of at least 4 members (excludes halogenated alkanes) is 43. The summed E-state index contributed by atoms with van der Waals surface area (Å²) in [5.41, 5.74) is 5.36. The third kappa shape index (κ3) is 52.4. The molecule has 0 fully saturated rings. The summed E-state index contributed by atoms with van der Waals surface area (Å²) in [4.78, 5) is 34.9. The van der Waals surface area contributed by atoms with Crippen molar-refractivity contribution in [2.24, 2.45) is 5.73 Å². The van der Waals surface area contributed by atoms with Crippen LogP contribution in [0.3, 0.4) is 0 Å². The summed E-state index contributed by atoms with van der Waals surface area (Å²) in [6, 6.07) is 0. The predicted molar refractivity (Wildman–Crippen MR) is 280 cm³/mol. The molecule has 9 nitrogen and oxygen atoms in total. The zero-order valence-electron chi connectivity index (χ0n) is 44.0. The van der Waals surface area contributed by atoms with Crippen molar-refractivity contribution in [1.82, 2.24) is 0 Å². The second kappa shape index (κ2) is 53.4. The summed E-state index contributed by atoms with van der Waals surface area (Å²) in [5, 5.41) is 0. The molecule has 0 spiro atoms. The van der Waals surface area contributed by atoms with Crippen molar-refractivity contribution in [3.05, 3.63) is 0 Å². The van der Waals surface area contributed by atoms with Gasteiger partial charge in [-0.2, -0.15) is 0 Å². The molecule has 0 aliphatic rings. The Balaban J connectivity index is 3.67. The molecule has 66 heavy (non-hydrogen) atoms. The van der Waals surface area contributed by atoms with Crippen LogP contribution in [0.15, 0.2) is 0 Å². The summed E-state index contributed by atoms with van der Waals surface area (Å²) in [6.45, 7) is 3.77. The zero-order valence-corrected chi connectivity index (χ0v) is 44.9. The van der Waals surface area contributed by atoms with Crippen molar-refractivity contribution in [3.63, 3.8) is 0 Å². The minimum absolute atomic E-state index is 0.0581. The number of hydrogen-bond donors (Lipinski definition) is 2. The quantitative estimate of drug-likeness (QED) is 0.0347. The monoisotopic (exact) mass is 958 g/mol. The lowest BCUT2D eigenvalue weighted by atomic mass is 10.0. The summed E-state index contributed by atoms with van der Waals surface area (Å²) in [5.74, 6) is -0.812. The lowest BCUT2D eigenvalue weighted by molar-refractivity contribution is -0.161. The van der Waals surface area contributed by atoms with Crippen molar-refractivity contribution in [2.75, 3.05) is 26.4 Å². The van der Waals surface area contributed by atoms with Gasteiger partial charge in [-0.1, -0.05) is 290 Å². The van der Waals surface area contributed by atoms with Crippen LogP contribution in [0.1, 0.15) is 316 Å². The molecule has 10 heteroatoms. The van der Waals surface area contributed by atoms with Gasteiger partial charge < -0.3 is 20.1 Å². The maximum atomic E-state index is 12.6. The van der Waals surface area contributed by atoms with Crippen LogP contribution < -0.4 is 5.73 Å². The van der Waals surface area contributed by atoms with E-state index >= 15 is 0 Å². The molecule has 0 saturated heterocycles. The molecule has 2 atom stereocenters. The molecule has 0 aromatic carbocycles. The van der Waals surface area contributed by atoms with Gasteiger partial charge in [-0.3, -0.25) is 18.6 Å². The number of phosphoric ester groups is 1. The van der Waals surface area contributed by atoms with Gasteiger partial charge >= 0.3 is 19.8 Å². The first-order valence-electron chi connectivity index (χ1n) is 29.0. The largest absolute Gasteiger partial charge is 0.472 e. The molecule has 0 bridgehead atoms. The molecule has 0 heterocycles. The van der Waals surface area contributed by atoms with Gasteiger partial charge in [0.05, 0.1) is 13.2 Å². The van der Waals surface area contributed by atoms with Crippen LogP contribution in [0.25, 0.3) is 0 Å². The van der Waals surface area contributed by atoms with Crippen molar-refractivity contribution in [3.8, 4) is 0 Å². The molecular formula is C56H112NO8P. The third-order valence-electron chi connectivity index (χ3n) is 13.2. The molecule has 0 aliphatic heterocycles. The Hall–Kier alpha value is -0.990. The molecule has 2 unspecified atom stereocenters. The fraction of sp³-hybridized carbons (Fsp3) is 0.964. The minimum atomic E-state index is -4.37. The van der Waals surface area contributed by atoms with E-state index in [1.54, 1.807) is 0 Å². The highest BCUT2D eigenvalue weighted by atomic mass is 31.2. The Kier molecular flexibility index (Phi) is 52.6. The molecule has 0 aromatic heterocycles. The maximum absolute atomic E-state index is 12.6. The number of ether oxygens (including phenoxy) is 2. The van der Waals surface area contributed by atoms with Crippen LogP contribution in [-0.2, 0) is 32.7 Å². The van der Waals surface area contributed by atoms with Gasteiger partial charge in [0, 0.05) is 19.4 Å². The predicted octanol–water partition coefficient (Wildman–Crippen LogP) is 17.9. The van der Waals surface area contributed by atoms with Gasteiger partial charge in [-0.25, -0.2) is 4.57 Å². The number of nitrogens with two attached hydrogens (primary N) is 1. The molecule has 3 N–H and O–H groups in total. The summed E-state index contributed by atoms with van der Waals surface area (Å²) < 4.78 is 32.8. The third-order valence-corrected chi connectivity index (χ3v) is 14.2. The van der Waals surface area contributed by atoms with E-state index in [4.69, 9.17) is 24.3 Å². The Morgan fingerprint density at radius 2 is 0.652 bits per heavy atom. The van der Waals surface area contributed by atoms with E-state index in [-0.39, 0.29) is 38.6 Å². The van der Waals surface area contributed by atoms with E-state index in [0.717, 1.165) is 32.1 Å². The minimum Gasteiger partial charge on any atom is -0.462 e. The Morgan fingerprint density at radius 1 is 0.394 bits per heavy atom. The summed E-state index contributed by atoms with van der Waals surface area (Å²) in [7, 11) is -4.37. The van der Waals surface area contributed by atoms with E-state index in [1.165, 1.54) is 250 Å². The van der Waals surface area contributed by atoms with Crippen LogP contribution >= 0.6 is 7.82 Å². The van der Waals surface area contributed by atoms with Gasteiger partial charge in [0.15, 0.2) is 6.10 Å². The first-order chi connectivity index (χ1) is 32.3. The molecular weight excluding hydrogens is 846 g/mol. The maximum Gasteiger partial charge on any atom is 0.472 e. The van der Waals surface area contributed by atoms with E-state index in [0.29, 0.717) is 6.42 Å². The lowest BCUT2D eigenvalue weighted by Gasteiger charge is -2.19. The van der Waals surface area contributed by atoms with Crippen LogP contribution in [0, 0.1) is 0 Å². The Morgan fingerprint density at radius 3 is 0.924 bits per heavy atom. The van der Waals surface area contributed by atoms with Gasteiger partial charge in [0.2, 0.25) is 0 Å². The summed E-state index contributed by atoms with van der Waals surface area (Å²) in [6.07, 6.45) is 59.3. The normalized spacial score (nSPS) is 13.0. The van der Waals surface area contributed by atoms with Gasteiger partial charge in [-0.15, -0.1) is 0 Å². The fourth-order valence-corrected chi connectivity index (χ4v) is 9.70. The topological polar surface area (TPSA) is 134 Å². The molecule has 0 aliphatic carbocycles. The van der Waals surface area contributed by atoms with Crippen molar-refractivity contribution < 1.29 is 37.6 Å². The van der Waals surface area contributed by atoms with Crippen LogP contribution in [0.2, 0.25) is 0 Å². The van der Waals surface area contributed by atoms with E-state index in [9.17, 15) is 19.0 Å². The lowest BCUT2D eigenvalue weighted by Crippen LogP contribution is -2.29. The zero-order chi connectivity index (χ0) is 48.1. The standard InChI is InChI=1S/C56H112NO8P/c1-3-5-7-9-11-13-14-15-16-17-18-19-20-21-22-23-24-25-26-27-28-29-30-31-32-33-34-35-36-37-38-39-41-43-45-47-49-56(59)65-54(53-64-66(60,61)63-51-50-57)52-62-55(58)48-46-44-42-40-12-10-8-6-4-2/h54H,3-53,57H2,1-2H3,(H,60,61). The molecule has 0 rings (SSSR count). The molecule has 0 radical (unpaired) electrons. The van der Waals surface area contributed by atoms with Crippen LogP contribution in [-0.4, -0.2) is 49.3 Å². The summed E-state index contributed by atoms with van der Waals surface area (Å²) >= 11 is 0. The number of phosphoric acid groups is 1.